The second-order valence-corrected chi connectivity index (χ2v) is 6.76. The van der Waals surface area contributed by atoms with Gasteiger partial charge in [-0.15, -0.1) is 0 Å². The molecule has 0 spiro atoms. The van der Waals surface area contributed by atoms with Crippen molar-refractivity contribution in [2.45, 2.75) is 27.1 Å². The van der Waals surface area contributed by atoms with Gasteiger partial charge in [0.1, 0.15) is 24.7 Å². The minimum absolute atomic E-state index is 0.0971. The fraction of sp³-hybridized carbons (Fsp3) is 0.200. The van der Waals surface area contributed by atoms with Crippen molar-refractivity contribution in [3.63, 3.8) is 0 Å². The molecule has 3 aromatic rings. The molecule has 0 N–H and O–H groups in total. The van der Waals surface area contributed by atoms with Crippen molar-refractivity contribution < 1.29 is 18.8 Å². The summed E-state index contributed by atoms with van der Waals surface area (Å²) < 4.78 is 16.2. The summed E-state index contributed by atoms with van der Waals surface area (Å²) in [4.78, 5) is 12.3. The summed E-state index contributed by atoms with van der Waals surface area (Å²) in [6.45, 7) is 4.09. The van der Waals surface area contributed by atoms with Gasteiger partial charge in [-0.25, -0.2) is 4.79 Å². The smallest absolute Gasteiger partial charge is 0.338 e. The highest BCUT2D eigenvalue weighted by atomic mass is 35.5. The zero-order valence-electron chi connectivity index (χ0n) is 14.8. The van der Waals surface area contributed by atoms with E-state index in [1.165, 1.54) is 0 Å². The Morgan fingerprint density at radius 3 is 2.59 bits per heavy atom. The molecule has 0 aliphatic carbocycles. The van der Waals surface area contributed by atoms with E-state index in [0.717, 1.165) is 16.8 Å². The normalized spacial score (nSPS) is 10.7. The van der Waals surface area contributed by atoms with Crippen LogP contribution in [0.1, 0.15) is 32.9 Å². The molecule has 0 saturated carbocycles. The van der Waals surface area contributed by atoms with Crippen molar-refractivity contribution in [1.82, 2.24) is 5.16 Å². The monoisotopic (exact) mass is 405 g/mol. The van der Waals surface area contributed by atoms with Crippen LogP contribution in [-0.4, -0.2) is 11.1 Å². The average Bonchev–Trinajstić information content (AvgIpc) is 2.99. The van der Waals surface area contributed by atoms with Gasteiger partial charge >= 0.3 is 5.97 Å². The van der Waals surface area contributed by atoms with Crippen molar-refractivity contribution in [1.29, 1.82) is 0 Å². The molecule has 1 aromatic heterocycles. The summed E-state index contributed by atoms with van der Waals surface area (Å²) in [5.74, 6) is 0.813. The molecule has 0 saturated heterocycles. The molecule has 0 aliphatic rings. The Labute approximate surface area is 166 Å². The van der Waals surface area contributed by atoms with Gasteiger partial charge < -0.3 is 14.0 Å². The molecule has 0 unspecified atom stereocenters. The maximum Gasteiger partial charge on any atom is 0.338 e. The van der Waals surface area contributed by atoms with Crippen molar-refractivity contribution >= 4 is 29.2 Å². The molecule has 0 atom stereocenters. The number of aryl methyl sites for hydroxylation is 2. The SMILES string of the molecule is Cc1noc(C)c1COc1cccc(C(=O)OCc2ccc(Cl)c(Cl)c2)c1. The zero-order chi connectivity index (χ0) is 19.4. The van der Waals surface area contributed by atoms with E-state index in [4.69, 9.17) is 37.2 Å². The molecular weight excluding hydrogens is 389 g/mol. The number of esters is 1. The standard InChI is InChI=1S/C20H17Cl2NO4/c1-12-17(13(2)27-23-12)11-25-16-5-3-4-15(9-16)20(24)26-10-14-6-7-18(21)19(22)8-14/h3-9H,10-11H2,1-2H3. The van der Waals surface area contributed by atoms with E-state index in [0.29, 0.717) is 33.7 Å². The highest BCUT2D eigenvalue weighted by Crippen LogP contribution is 2.23. The van der Waals surface area contributed by atoms with Gasteiger partial charge in [0.05, 0.1) is 26.9 Å². The van der Waals surface area contributed by atoms with E-state index < -0.39 is 5.97 Å². The van der Waals surface area contributed by atoms with Gasteiger partial charge in [-0.3, -0.25) is 0 Å². The molecule has 140 valence electrons. The van der Waals surface area contributed by atoms with Crippen LogP contribution in [0.5, 0.6) is 5.75 Å². The lowest BCUT2D eigenvalue weighted by Gasteiger charge is -2.09. The Bertz CT molecular complexity index is 949. The molecule has 27 heavy (non-hydrogen) atoms. The van der Waals surface area contributed by atoms with Gasteiger partial charge in [-0.2, -0.15) is 0 Å². The highest BCUT2D eigenvalue weighted by molar-refractivity contribution is 6.42. The Morgan fingerprint density at radius 1 is 1.07 bits per heavy atom. The summed E-state index contributed by atoms with van der Waals surface area (Å²) in [5.41, 5.74) is 2.82. The topological polar surface area (TPSA) is 61.6 Å². The number of carbonyl (C=O) groups is 1. The molecule has 1 heterocycles. The minimum atomic E-state index is -0.455. The van der Waals surface area contributed by atoms with Crippen LogP contribution in [0.4, 0.5) is 0 Å². The van der Waals surface area contributed by atoms with Crippen LogP contribution in [0, 0.1) is 13.8 Å². The van der Waals surface area contributed by atoms with E-state index >= 15 is 0 Å². The number of aromatic nitrogens is 1. The Kier molecular flexibility index (Phi) is 6.04. The number of carbonyl (C=O) groups excluding carboxylic acids is 1. The Balaban J connectivity index is 1.62. The summed E-state index contributed by atoms with van der Waals surface area (Å²) in [6.07, 6.45) is 0. The lowest BCUT2D eigenvalue weighted by molar-refractivity contribution is 0.0472. The van der Waals surface area contributed by atoms with Crippen LogP contribution >= 0.6 is 23.2 Å². The molecule has 7 heteroatoms. The van der Waals surface area contributed by atoms with Crippen LogP contribution in [0.15, 0.2) is 47.0 Å². The van der Waals surface area contributed by atoms with Gasteiger partial charge in [-0.1, -0.05) is 40.5 Å². The van der Waals surface area contributed by atoms with Gasteiger partial charge in [0.2, 0.25) is 0 Å². The van der Waals surface area contributed by atoms with Crippen LogP contribution < -0.4 is 4.74 Å². The Morgan fingerprint density at radius 2 is 1.89 bits per heavy atom. The fourth-order valence-electron chi connectivity index (χ4n) is 2.44. The summed E-state index contributed by atoms with van der Waals surface area (Å²) >= 11 is 11.8. The first-order chi connectivity index (χ1) is 12.9. The molecule has 0 bridgehead atoms. The number of benzene rings is 2. The summed E-state index contributed by atoms with van der Waals surface area (Å²) in [6, 6.07) is 11.9. The van der Waals surface area contributed by atoms with Gasteiger partial charge in [0.25, 0.3) is 0 Å². The van der Waals surface area contributed by atoms with Crippen molar-refractivity contribution in [3.05, 3.63) is 80.7 Å². The number of rotatable bonds is 6. The molecule has 0 aliphatic heterocycles. The first-order valence-corrected chi connectivity index (χ1v) is 8.95. The number of ether oxygens (including phenoxy) is 2. The van der Waals surface area contributed by atoms with E-state index in [-0.39, 0.29) is 6.61 Å². The zero-order valence-corrected chi connectivity index (χ0v) is 16.3. The Hall–Kier alpha value is -2.50. The first-order valence-electron chi connectivity index (χ1n) is 8.19. The van der Waals surface area contributed by atoms with Crippen LogP contribution in [0.3, 0.4) is 0 Å². The molecule has 0 radical (unpaired) electrons. The van der Waals surface area contributed by atoms with E-state index in [2.05, 4.69) is 5.16 Å². The summed E-state index contributed by atoms with van der Waals surface area (Å²) in [5, 5.41) is 4.76. The number of hydrogen-bond donors (Lipinski definition) is 0. The van der Waals surface area contributed by atoms with Crippen LogP contribution in [0.25, 0.3) is 0 Å². The lowest BCUT2D eigenvalue weighted by Crippen LogP contribution is -2.06. The maximum atomic E-state index is 12.3. The quantitative estimate of drug-likeness (QED) is 0.504. The predicted molar refractivity (Wildman–Crippen MR) is 102 cm³/mol. The van der Waals surface area contributed by atoms with Crippen molar-refractivity contribution in [2.24, 2.45) is 0 Å². The largest absolute Gasteiger partial charge is 0.489 e. The second kappa shape index (κ2) is 8.46. The third-order valence-electron chi connectivity index (χ3n) is 3.99. The predicted octanol–water partition coefficient (Wildman–Crippen LogP) is 5.53. The van der Waals surface area contributed by atoms with Crippen LogP contribution in [0.2, 0.25) is 10.0 Å². The van der Waals surface area contributed by atoms with Crippen molar-refractivity contribution in [2.75, 3.05) is 0 Å². The molecule has 0 amide bonds. The van der Waals surface area contributed by atoms with Crippen molar-refractivity contribution in [3.8, 4) is 5.75 Å². The van der Waals surface area contributed by atoms with Gasteiger partial charge in [-0.05, 0) is 49.7 Å². The minimum Gasteiger partial charge on any atom is -0.489 e. The highest BCUT2D eigenvalue weighted by Gasteiger charge is 2.12. The molecule has 5 nitrogen and oxygen atoms in total. The molecule has 2 aromatic carbocycles. The van der Waals surface area contributed by atoms with E-state index in [9.17, 15) is 4.79 Å². The summed E-state index contributed by atoms with van der Waals surface area (Å²) in [7, 11) is 0. The third-order valence-corrected chi connectivity index (χ3v) is 4.73. The van der Waals surface area contributed by atoms with E-state index in [1.54, 1.807) is 42.5 Å². The number of halogens is 2. The number of hydrogen-bond acceptors (Lipinski definition) is 5. The van der Waals surface area contributed by atoms with Gasteiger partial charge in [0, 0.05) is 0 Å². The van der Waals surface area contributed by atoms with Crippen LogP contribution in [-0.2, 0) is 18.0 Å². The lowest BCUT2D eigenvalue weighted by atomic mass is 10.2. The average molecular weight is 406 g/mol. The maximum absolute atomic E-state index is 12.3. The van der Waals surface area contributed by atoms with E-state index in [1.807, 2.05) is 13.8 Å². The molecule has 3 rings (SSSR count). The second-order valence-electron chi connectivity index (χ2n) is 5.94. The molecule has 0 fully saturated rings. The number of nitrogens with zero attached hydrogens (tertiary/aromatic N) is 1. The third kappa shape index (κ3) is 4.81. The molecular formula is C20H17Cl2NO4. The van der Waals surface area contributed by atoms with Gasteiger partial charge in [0.15, 0.2) is 0 Å². The first kappa shape index (κ1) is 19.3. The fourth-order valence-corrected chi connectivity index (χ4v) is 2.76.